The van der Waals surface area contributed by atoms with E-state index in [1.807, 2.05) is 71.3 Å². The monoisotopic (exact) mass is 421 g/mol. The van der Waals surface area contributed by atoms with Crippen molar-refractivity contribution in [3.63, 3.8) is 0 Å². The zero-order valence-electron chi connectivity index (χ0n) is 17.0. The van der Waals surface area contributed by atoms with Gasteiger partial charge in [0.1, 0.15) is 6.54 Å². The van der Waals surface area contributed by atoms with Crippen molar-refractivity contribution in [3.05, 3.63) is 101 Å². The smallest absolute Gasteiger partial charge is 0.260 e. The van der Waals surface area contributed by atoms with Crippen LogP contribution < -0.4 is 10.9 Å². The fourth-order valence-corrected chi connectivity index (χ4v) is 3.83. The number of hydrogen-bond donors (Lipinski definition) is 2. The highest BCUT2D eigenvalue weighted by Crippen LogP contribution is 2.20. The minimum absolute atomic E-state index is 0.0234. The zero-order valence-corrected chi connectivity index (χ0v) is 17.0. The number of carbonyl (C=O) groups excluding carboxylic acids is 1. The van der Waals surface area contributed by atoms with Crippen LogP contribution in [-0.2, 0) is 11.3 Å². The van der Waals surface area contributed by atoms with Gasteiger partial charge < -0.3 is 4.57 Å². The van der Waals surface area contributed by atoms with E-state index >= 15 is 0 Å². The molecule has 0 radical (unpaired) electrons. The van der Waals surface area contributed by atoms with Crippen molar-refractivity contribution >= 4 is 33.9 Å². The summed E-state index contributed by atoms with van der Waals surface area (Å²) in [6.45, 7) is 0.0234. The van der Waals surface area contributed by atoms with E-state index < -0.39 is 0 Å². The highest BCUT2D eigenvalue weighted by atomic mass is 16.2. The molecule has 2 aromatic heterocycles. The number of aromatic amines is 1. The van der Waals surface area contributed by atoms with Gasteiger partial charge in [-0.05, 0) is 24.3 Å². The SMILES string of the molecule is O=C(Cn1c2ccccc2c(=O)c2ccccc21)N/N=C\c1cn[nH]c1-c1ccccc1. The summed E-state index contributed by atoms with van der Waals surface area (Å²) >= 11 is 0. The number of amides is 1. The summed E-state index contributed by atoms with van der Waals surface area (Å²) < 4.78 is 1.84. The van der Waals surface area contributed by atoms with Crippen molar-refractivity contribution in [3.8, 4) is 11.3 Å². The van der Waals surface area contributed by atoms with Gasteiger partial charge in [0.05, 0.1) is 29.1 Å². The molecule has 0 aliphatic rings. The molecule has 1 amide bonds. The van der Waals surface area contributed by atoms with Crippen LogP contribution >= 0.6 is 0 Å². The maximum Gasteiger partial charge on any atom is 0.260 e. The number of aromatic nitrogens is 3. The average molecular weight is 421 g/mol. The van der Waals surface area contributed by atoms with Crippen LogP contribution in [0.5, 0.6) is 0 Å². The summed E-state index contributed by atoms with van der Waals surface area (Å²) in [5.74, 6) is -0.301. The number of rotatable bonds is 5. The van der Waals surface area contributed by atoms with E-state index in [4.69, 9.17) is 0 Å². The van der Waals surface area contributed by atoms with Crippen LogP contribution in [0.3, 0.4) is 0 Å². The normalized spacial score (nSPS) is 11.4. The van der Waals surface area contributed by atoms with Crippen molar-refractivity contribution in [2.75, 3.05) is 0 Å². The van der Waals surface area contributed by atoms with Gasteiger partial charge in [0, 0.05) is 21.9 Å². The average Bonchev–Trinajstić information content (AvgIpc) is 3.31. The van der Waals surface area contributed by atoms with Crippen LogP contribution in [0, 0.1) is 0 Å². The van der Waals surface area contributed by atoms with Crippen LogP contribution in [0.4, 0.5) is 0 Å². The Morgan fingerprint density at radius 1 is 0.938 bits per heavy atom. The van der Waals surface area contributed by atoms with E-state index in [0.29, 0.717) is 21.8 Å². The van der Waals surface area contributed by atoms with E-state index in [0.717, 1.165) is 16.8 Å². The Morgan fingerprint density at radius 3 is 2.25 bits per heavy atom. The quantitative estimate of drug-likeness (QED) is 0.258. The standard InChI is InChI=1S/C25H19N5O2/c31-23(28-26-14-18-15-27-29-24(18)17-8-2-1-3-9-17)16-30-21-12-6-4-10-19(21)25(32)20-11-5-7-13-22(20)30/h1-15H,16H2,(H,27,29)(H,28,31)/b26-14-. The molecule has 2 heterocycles. The van der Waals surface area contributed by atoms with Gasteiger partial charge in [-0.3, -0.25) is 14.7 Å². The highest BCUT2D eigenvalue weighted by Gasteiger charge is 2.12. The maximum absolute atomic E-state index is 12.8. The Kier molecular flexibility index (Phi) is 5.05. The third-order valence-electron chi connectivity index (χ3n) is 5.30. The summed E-state index contributed by atoms with van der Waals surface area (Å²) in [4.78, 5) is 25.6. The second-order valence-corrected chi connectivity index (χ2v) is 7.31. The van der Waals surface area contributed by atoms with Gasteiger partial charge in [0.15, 0.2) is 5.43 Å². The molecule has 3 aromatic carbocycles. The summed E-state index contributed by atoms with van der Waals surface area (Å²) in [6, 6.07) is 24.4. The third-order valence-corrected chi connectivity index (χ3v) is 5.30. The summed E-state index contributed by atoms with van der Waals surface area (Å²) in [5.41, 5.74) is 6.51. The molecule has 156 valence electrons. The van der Waals surface area contributed by atoms with Gasteiger partial charge in [-0.25, -0.2) is 5.43 Å². The van der Waals surface area contributed by atoms with Gasteiger partial charge in [0.25, 0.3) is 5.91 Å². The van der Waals surface area contributed by atoms with Gasteiger partial charge in [-0.1, -0.05) is 54.6 Å². The number of H-pyrrole nitrogens is 1. The molecule has 5 aromatic rings. The molecular formula is C25H19N5O2. The topological polar surface area (TPSA) is 92.1 Å². The van der Waals surface area contributed by atoms with Crippen molar-refractivity contribution in [2.45, 2.75) is 6.54 Å². The second-order valence-electron chi connectivity index (χ2n) is 7.31. The summed E-state index contributed by atoms with van der Waals surface area (Å²) in [5, 5.41) is 12.3. The number of nitrogens with zero attached hydrogens (tertiary/aromatic N) is 3. The molecule has 32 heavy (non-hydrogen) atoms. The lowest BCUT2D eigenvalue weighted by Gasteiger charge is -2.14. The fourth-order valence-electron chi connectivity index (χ4n) is 3.83. The molecule has 0 spiro atoms. The molecule has 0 bridgehead atoms. The van der Waals surface area contributed by atoms with Crippen molar-refractivity contribution in [1.29, 1.82) is 0 Å². The number of fused-ring (bicyclic) bond motifs is 2. The number of para-hydroxylation sites is 2. The lowest BCUT2D eigenvalue weighted by Crippen LogP contribution is -2.25. The van der Waals surface area contributed by atoms with E-state index in [1.54, 1.807) is 24.5 Å². The van der Waals surface area contributed by atoms with Crippen LogP contribution in [0.25, 0.3) is 33.1 Å². The molecular weight excluding hydrogens is 402 g/mol. The molecule has 5 rings (SSSR count). The Hall–Kier alpha value is -4.52. The molecule has 0 atom stereocenters. The largest absolute Gasteiger partial charge is 0.331 e. The number of hydrazone groups is 1. The zero-order chi connectivity index (χ0) is 21.9. The van der Waals surface area contributed by atoms with Gasteiger partial charge in [-0.2, -0.15) is 10.2 Å². The predicted molar refractivity (Wildman–Crippen MR) is 125 cm³/mol. The van der Waals surface area contributed by atoms with Gasteiger partial charge >= 0.3 is 0 Å². The first-order chi connectivity index (χ1) is 15.7. The Balaban J connectivity index is 1.42. The maximum atomic E-state index is 12.8. The molecule has 7 heteroatoms. The molecule has 7 nitrogen and oxygen atoms in total. The molecule has 0 aliphatic heterocycles. The van der Waals surface area contributed by atoms with E-state index in [1.165, 1.54) is 0 Å². The summed E-state index contributed by atoms with van der Waals surface area (Å²) in [6.07, 6.45) is 3.21. The first kappa shape index (κ1) is 19.4. The van der Waals surface area contributed by atoms with Crippen molar-refractivity contribution < 1.29 is 4.79 Å². The minimum atomic E-state index is -0.301. The lowest BCUT2D eigenvalue weighted by molar-refractivity contribution is -0.121. The number of nitrogens with one attached hydrogen (secondary N) is 2. The first-order valence-electron chi connectivity index (χ1n) is 10.1. The molecule has 0 aliphatic carbocycles. The van der Waals surface area contributed by atoms with E-state index in [-0.39, 0.29) is 17.9 Å². The highest BCUT2D eigenvalue weighted by molar-refractivity contribution is 5.95. The molecule has 0 saturated heterocycles. The van der Waals surface area contributed by atoms with E-state index in [9.17, 15) is 9.59 Å². The van der Waals surface area contributed by atoms with Crippen LogP contribution in [-0.4, -0.2) is 26.9 Å². The Labute approximate surface area is 183 Å². The Morgan fingerprint density at radius 2 is 1.56 bits per heavy atom. The molecule has 0 unspecified atom stereocenters. The molecule has 2 N–H and O–H groups in total. The molecule has 0 fully saturated rings. The Bertz CT molecular complexity index is 1460. The first-order valence-corrected chi connectivity index (χ1v) is 10.1. The minimum Gasteiger partial charge on any atom is -0.331 e. The predicted octanol–water partition coefficient (Wildman–Crippen LogP) is 3.70. The van der Waals surface area contributed by atoms with Crippen molar-refractivity contribution in [1.82, 2.24) is 20.2 Å². The molecule has 0 saturated carbocycles. The second kappa shape index (κ2) is 8.31. The van der Waals surface area contributed by atoms with Gasteiger partial charge in [-0.15, -0.1) is 0 Å². The fraction of sp³-hybridized carbons (Fsp3) is 0.0400. The van der Waals surface area contributed by atoms with Gasteiger partial charge in [0.2, 0.25) is 0 Å². The number of benzene rings is 3. The van der Waals surface area contributed by atoms with Crippen molar-refractivity contribution in [2.24, 2.45) is 5.10 Å². The number of pyridine rings is 1. The van der Waals surface area contributed by atoms with E-state index in [2.05, 4.69) is 20.7 Å². The summed E-state index contributed by atoms with van der Waals surface area (Å²) in [7, 11) is 0. The third kappa shape index (κ3) is 3.56. The number of carbonyl (C=O) groups is 1. The lowest BCUT2D eigenvalue weighted by atomic mass is 10.1. The van der Waals surface area contributed by atoms with Crippen LogP contribution in [0.1, 0.15) is 5.56 Å². The van der Waals surface area contributed by atoms with Crippen LogP contribution in [0.2, 0.25) is 0 Å². The number of hydrogen-bond acceptors (Lipinski definition) is 4. The van der Waals surface area contributed by atoms with Crippen LogP contribution in [0.15, 0.2) is 95.0 Å².